The number of rotatable bonds is 7. The Hall–Kier alpha value is -3.63. The minimum atomic E-state index is -1.01. The van der Waals surface area contributed by atoms with E-state index in [2.05, 4.69) is 51.7 Å². The number of halogens is 2. The Labute approximate surface area is 312 Å². The number of carbonyl (C=O) groups excluding carboxylic acids is 2. The van der Waals surface area contributed by atoms with Gasteiger partial charge in [-0.3, -0.25) is 19.6 Å². The fourth-order valence-electron chi connectivity index (χ4n) is 7.36. The van der Waals surface area contributed by atoms with Crippen LogP contribution in [0.5, 0.6) is 5.75 Å². The Morgan fingerprint density at radius 2 is 1.41 bits per heavy atom. The molecule has 0 aromatic heterocycles. The van der Waals surface area contributed by atoms with Gasteiger partial charge in [-0.2, -0.15) is 0 Å². The minimum Gasteiger partial charge on any atom is -0.493 e. The van der Waals surface area contributed by atoms with E-state index >= 15 is 4.79 Å². The minimum absolute atomic E-state index is 0.100. The Morgan fingerprint density at radius 1 is 0.824 bits per heavy atom. The van der Waals surface area contributed by atoms with Gasteiger partial charge in [0.15, 0.2) is 0 Å². The first-order valence-electron chi connectivity index (χ1n) is 17.8. The molecule has 9 nitrogen and oxygen atoms in total. The maximum absolute atomic E-state index is 15.3. The quantitative estimate of drug-likeness (QED) is 0.257. The van der Waals surface area contributed by atoms with Crippen LogP contribution in [0.1, 0.15) is 63.8 Å². The van der Waals surface area contributed by atoms with Crippen molar-refractivity contribution in [1.82, 2.24) is 19.6 Å². The molecule has 272 valence electrons. The van der Waals surface area contributed by atoms with E-state index in [1.807, 2.05) is 76.2 Å². The van der Waals surface area contributed by atoms with Crippen LogP contribution in [0.3, 0.4) is 0 Å². The largest absolute Gasteiger partial charge is 0.493 e. The zero-order chi connectivity index (χ0) is 36.6. The molecule has 3 heterocycles. The van der Waals surface area contributed by atoms with Crippen LogP contribution in [0.15, 0.2) is 71.7 Å². The predicted molar refractivity (Wildman–Crippen MR) is 203 cm³/mol. The zero-order valence-electron chi connectivity index (χ0n) is 30.5. The molecule has 3 aliphatic heterocycles. The van der Waals surface area contributed by atoms with Crippen LogP contribution in [0.4, 0.5) is 4.79 Å². The molecule has 2 atom stereocenters. The number of ether oxygens (including phenoxy) is 2. The van der Waals surface area contributed by atoms with Crippen LogP contribution >= 0.6 is 23.2 Å². The predicted octanol–water partition coefficient (Wildman–Crippen LogP) is 7.18. The van der Waals surface area contributed by atoms with Crippen molar-refractivity contribution >= 4 is 41.0 Å². The van der Waals surface area contributed by atoms with Gasteiger partial charge < -0.3 is 19.3 Å². The average molecular weight is 735 g/mol. The van der Waals surface area contributed by atoms with E-state index in [1.54, 1.807) is 0 Å². The summed E-state index contributed by atoms with van der Waals surface area (Å²) >= 11 is 12.8. The van der Waals surface area contributed by atoms with E-state index in [-0.39, 0.29) is 17.4 Å². The van der Waals surface area contributed by atoms with Crippen LogP contribution in [0.2, 0.25) is 10.0 Å². The van der Waals surface area contributed by atoms with E-state index in [1.165, 1.54) is 0 Å². The normalized spacial score (nSPS) is 23.0. The fourth-order valence-corrected chi connectivity index (χ4v) is 7.61. The molecule has 3 aromatic rings. The number of hydrogen-bond donors (Lipinski definition) is 0. The first-order valence-corrected chi connectivity index (χ1v) is 18.6. The van der Waals surface area contributed by atoms with E-state index < -0.39 is 11.1 Å². The summed E-state index contributed by atoms with van der Waals surface area (Å²) in [5.41, 5.74) is 1.59. The monoisotopic (exact) mass is 733 g/mol. The Bertz CT molecular complexity index is 1760. The number of amidine groups is 1. The summed E-state index contributed by atoms with van der Waals surface area (Å²) < 4.78 is 11.7. The molecule has 2 fully saturated rings. The summed E-state index contributed by atoms with van der Waals surface area (Å²) in [5.74, 6) is 1.30. The molecule has 2 saturated heterocycles. The molecule has 0 bridgehead atoms. The molecule has 3 aliphatic rings. The molecule has 3 aromatic carbocycles. The lowest BCUT2D eigenvalue weighted by molar-refractivity contribution is -0.136. The lowest BCUT2D eigenvalue weighted by Crippen LogP contribution is -2.61. The second-order valence-corrected chi connectivity index (χ2v) is 15.7. The summed E-state index contributed by atoms with van der Waals surface area (Å²) in [7, 11) is 0. The van der Waals surface area contributed by atoms with Crippen molar-refractivity contribution in [3.8, 4) is 5.75 Å². The number of urea groups is 1. The molecule has 6 rings (SSSR count). The highest BCUT2D eigenvalue weighted by molar-refractivity contribution is 6.30. The van der Waals surface area contributed by atoms with Gasteiger partial charge in [0.25, 0.3) is 0 Å². The number of piperazine rings is 1. The van der Waals surface area contributed by atoms with Crippen molar-refractivity contribution in [3.63, 3.8) is 0 Å². The summed E-state index contributed by atoms with van der Waals surface area (Å²) in [4.78, 5) is 41.6. The fraction of sp³-hybridized carbons (Fsp3) is 0.475. The maximum atomic E-state index is 15.3. The molecule has 0 radical (unpaired) electrons. The van der Waals surface area contributed by atoms with Crippen LogP contribution in [-0.2, 0) is 26.0 Å². The second-order valence-electron chi connectivity index (χ2n) is 14.9. The molecule has 3 amide bonds. The van der Waals surface area contributed by atoms with Crippen molar-refractivity contribution in [1.29, 1.82) is 0 Å². The van der Waals surface area contributed by atoms with Gasteiger partial charge in [0, 0.05) is 49.3 Å². The van der Waals surface area contributed by atoms with E-state index in [0.29, 0.717) is 87.3 Å². The van der Waals surface area contributed by atoms with Gasteiger partial charge >= 0.3 is 6.03 Å². The standard InChI is InChI=1S/C40H49Cl2N5O4/c1-7-51-34-26-30(38(2,3)4)12-17-33(34)36-43-39(5,28-8-13-31(41)14-9-28)40(6,29-10-15-32(42)16-11-29)47(36)37(49)46-20-18-44(19-21-46)27-35(48)45-22-24-50-25-23-45/h8-17,26H,7,18-25,27H2,1-6H3/t39-,40+/m1/s1. The summed E-state index contributed by atoms with van der Waals surface area (Å²) in [6.07, 6.45) is 0. The van der Waals surface area contributed by atoms with Crippen molar-refractivity contribution < 1.29 is 19.1 Å². The van der Waals surface area contributed by atoms with Gasteiger partial charge in [-0.25, -0.2) is 4.79 Å². The summed E-state index contributed by atoms with van der Waals surface area (Å²) in [6.45, 7) is 17.9. The molecule has 0 unspecified atom stereocenters. The van der Waals surface area contributed by atoms with Gasteiger partial charge in [-0.1, -0.05) is 74.3 Å². The highest BCUT2D eigenvalue weighted by Gasteiger charge is 2.60. The van der Waals surface area contributed by atoms with E-state index in [4.69, 9.17) is 37.7 Å². The van der Waals surface area contributed by atoms with Crippen molar-refractivity contribution in [2.75, 3.05) is 65.6 Å². The topological polar surface area (TPSA) is 77.9 Å². The average Bonchev–Trinajstić information content (AvgIpc) is 3.36. The summed E-state index contributed by atoms with van der Waals surface area (Å²) in [5, 5.41) is 1.22. The molecule has 0 spiro atoms. The molecule has 0 N–H and O–H groups in total. The first-order chi connectivity index (χ1) is 24.3. The van der Waals surface area contributed by atoms with Crippen LogP contribution in [0, 0.1) is 0 Å². The first kappa shape index (κ1) is 37.1. The van der Waals surface area contributed by atoms with Crippen molar-refractivity contribution in [2.24, 2.45) is 4.99 Å². The van der Waals surface area contributed by atoms with Gasteiger partial charge in [0.2, 0.25) is 5.91 Å². The SMILES string of the molecule is CCOc1cc(C(C)(C)C)ccc1C1=N[C@](C)(c2ccc(Cl)cc2)[C@](C)(c2ccc(Cl)cc2)N1C(=O)N1CCN(CC(=O)N2CCOCC2)CC1. The molecule has 51 heavy (non-hydrogen) atoms. The Balaban J connectivity index is 1.44. The van der Waals surface area contributed by atoms with E-state index in [0.717, 1.165) is 22.3 Å². The number of hydrogen-bond acceptors (Lipinski definition) is 6. The highest BCUT2D eigenvalue weighted by atomic mass is 35.5. The zero-order valence-corrected chi connectivity index (χ0v) is 32.1. The second kappa shape index (κ2) is 14.8. The third-order valence-corrected chi connectivity index (χ3v) is 11.2. The van der Waals surface area contributed by atoms with Gasteiger partial charge in [0.05, 0.1) is 31.9 Å². The molecule has 0 saturated carbocycles. The Kier molecular flexibility index (Phi) is 10.8. The van der Waals surface area contributed by atoms with Crippen LogP contribution in [-0.4, -0.2) is 103 Å². The number of carbonyl (C=O) groups is 2. The van der Waals surface area contributed by atoms with E-state index in [9.17, 15) is 4.79 Å². The molecule has 0 aliphatic carbocycles. The van der Waals surface area contributed by atoms with Gasteiger partial charge in [0.1, 0.15) is 22.7 Å². The smallest absolute Gasteiger partial charge is 0.326 e. The van der Waals surface area contributed by atoms with Crippen LogP contribution < -0.4 is 4.74 Å². The third kappa shape index (κ3) is 7.23. The van der Waals surface area contributed by atoms with Gasteiger partial charge in [-0.15, -0.1) is 0 Å². The maximum Gasteiger partial charge on any atom is 0.326 e. The Morgan fingerprint density at radius 3 is 1.98 bits per heavy atom. The number of morpholine rings is 1. The van der Waals surface area contributed by atoms with Crippen molar-refractivity contribution in [2.45, 2.75) is 58.0 Å². The lowest BCUT2D eigenvalue weighted by Gasteiger charge is -2.47. The number of aliphatic imine (C=N–C) groups is 1. The molecular formula is C40H49Cl2N5O4. The lowest BCUT2D eigenvalue weighted by atomic mass is 9.71. The van der Waals surface area contributed by atoms with Crippen LogP contribution in [0.25, 0.3) is 0 Å². The third-order valence-electron chi connectivity index (χ3n) is 10.7. The molecule has 11 heteroatoms. The van der Waals surface area contributed by atoms with Gasteiger partial charge in [-0.05, 0) is 79.3 Å². The van der Waals surface area contributed by atoms with Crippen molar-refractivity contribution in [3.05, 3.63) is 99.0 Å². The highest BCUT2D eigenvalue weighted by Crippen LogP contribution is 2.54. The molecular weight excluding hydrogens is 685 g/mol. The number of benzene rings is 3. The summed E-state index contributed by atoms with van der Waals surface area (Å²) in [6, 6.07) is 21.4. The number of amides is 3. The number of nitrogens with zero attached hydrogens (tertiary/aromatic N) is 5.